The van der Waals surface area contributed by atoms with Gasteiger partial charge in [-0.3, -0.25) is 4.79 Å². The largest absolute Gasteiger partial charge is 0.477 e. The van der Waals surface area contributed by atoms with Crippen LogP contribution in [0.2, 0.25) is 0 Å². The molecule has 0 radical (unpaired) electrons. The molecule has 0 aliphatic heterocycles. The summed E-state index contributed by atoms with van der Waals surface area (Å²) in [6.07, 6.45) is 3.43. The monoisotopic (exact) mass is 232 g/mol. The van der Waals surface area contributed by atoms with Crippen LogP contribution in [-0.2, 0) is 14.3 Å². The molecule has 0 fully saturated rings. The summed E-state index contributed by atoms with van der Waals surface area (Å²) in [5, 5.41) is 8.59. The Morgan fingerprint density at radius 1 is 1.25 bits per heavy atom. The molecule has 0 unspecified atom stereocenters. The van der Waals surface area contributed by atoms with E-state index in [2.05, 4.69) is 5.73 Å². The fourth-order valence-corrected chi connectivity index (χ4v) is 1.45. The molecule has 0 rings (SSSR count). The van der Waals surface area contributed by atoms with Crippen LogP contribution < -0.4 is 5.73 Å². The third-order valence-electron chi connectivity index (χ3n) is 2.38. The van der Waals surface area contributed by atoms with Crippen molar-refractivity contribution in [2.75, 3.05) is 6.61 Å². The molecule has 0 bridgehead atoms. The lowest BCUT2D eigenvalue weighted by molar-refractivity contribution is -0.412. The molecule has 1 atom stereocenters. The van der Waals surface area contributed by atoms with Crippen LogP contribution >= 0.6 is 0 Å². The quantitative estimate of drug-likeness (QED) is 0.594. The van der Waals surface area contributed by atoms with Gasteiger partial charge in [-0.25, -0.2) is 4.79 Å². The van der Waals surface area contributed by atoms with E-state index in [0.717, 1.165) is 25.7 Å². The lowest BCUT2D eigenvalue weighted by atomic mass is 9.99. The predicted molar refractivity (Wildman–Crippen MR) is 58.6 cm³/mol. The normalized spacial score (nSPS) is 12.5. The number of carboxylic acids is 1. The highest BCUT2D eigenvalue weighted by Crippen LogP contribution is 2.15. The summed E-state index contributed by atoms with van der Waals surface area (Å²) in [6, 6.07) is -0.882. The first-order chi connectivity index (χ1) is 7.52. The summed E-state index contributed by atoms with van der Waals surface area (Å²) < 4.78 is 4.95. The number of carboxylic acid groups (broad SMARTS) is 1. The second kappa shape index (κ2) is 8.10. The second-order valence-electron chi connectivity index (χ2n) is 3.94. The van der Waals surface area contributed by atoms with E-state index < -0.39 is 12.0 Å². The molecule has 4 N–H and O–H groups in total. The molecular weight excluding hydrogens is 210 g/mol. The highest BCUT2D eigenvalue weighted by Gasteiger charge is 2.22. The Labute approximate surface area is 96.0 Å². The number of ether oxygens (including phenoxy) is 1. The smallest absolute Gasteiger partial charge is 0.366 e. The molecule has 0 spiro atoms. The number of quaternary nitrogens is 1. The molecule has 0 saturated carbocycles. The van der Waals surface area contributed by atoms with Crippen molar-refractivity contribution in [3.63, 3.8) is 0 Å². The van der Waals surface area contributed by atoms with Crippen LogP contribution in [0.3, 0.4) is 0 Å². The van der Waals surface area contributed by atoms with Crippen molar-refractivity contribution in [3.05, 3.63) is 0 Å². The Balaban J connectivity index is 4.04. The van der Waals surface area contributed by atoms with Crippen molar-refractivity contribution in [2.45, 2.75) is 45.6 Å². The van der Waals surface area contributed by atoms with Crippen LogP contribution in [0.5, 0.6) is 0 Å². The minimum Gasteiger partial charge on any atom is -0.477 e. The van der Waals surface area contributed by atoms with E-state index in [0.29, 0.717) is 0 Å². The fraction of sp³-hybridized carbons (Fsp3) is 0.818. The number of hydrogen-bond acceptors (Lipinski definition) is 3. The lowest BCUT2D eigenvalue weighted by Gasteiger charge is -2.14. The van der Waals surface area contributed by atoms with Crippen LogP contribution in [0.4, 0.5) is 0 Å². The standard InChI is InChI=1S/C11H21NO4/c1-3-5-8(6-4-2)11(15)16-7-9(12)10(13)14/h8-9H,3-7,12H2,1-2H3,(H,13,14)/p+1/t9-/m0/s1. The van der Waals surface area contributed by atoms with Gasteiger partial charge in [-0.1, -0.05) is 26.7 Å². The Bertz CT molecular complexity index is 224. The molecule has 0 saturated heterocycles. The topological polar surface area (TPSA) is 91.2 Å². The maximum atomic E-state index is 11.6. The Morgan fingerprint density at radius 3 is 2.12 bits per heavy atom. The molecule has 16 heavy (non-hydrogen) atoms. The van der Waals surface area contributed by atoms with E-state index in [4.69, 9.17) is 9.84 Å². The van der Waals surface area contributed by atoms with Gasteiger partial charge in [0.05, 0.1) is 5.92 Å². The van der Waals surface area contributed by atoms with Crippen LogP contribution in [-0.4, -0.2) is 29.7 Å². The molecule has 0 heterocycles. The average Bonchev–Trinajstić information content (AvgIpc) is 2.24. The molecule has 5 nitrogen and oxygen atoms in total. The maximum absolute atomic E-state index is 11.6. The maximum Gasteiger partial charge on any atom is 0.366 e. The molecule has 0 aromatic rings. The van der Waals surface area contributed by atoms with Gasteiger partial charge in [-0.05, 0) is 12.8 Å². The zero-order valence-corrected chi connectivity index (χ0v) is 10.1. The number of carbonyl (C=O) groups is 2. The van der Waals surface area contributed by atoms with Gasteiger partial charge in [-0.2, -0.15) is 0 Å². The molecule has 0 aliphatic rings. The van der Waals surface area contributed by atoms with Crippen molar-refractivity contribution in [1.29, 1.82) is 0 Å². The van der Waals surface area contributed by atoms with Gasteiger partial charge in [0, 0.05) is 0 Å². The highest BCUT2D eigenvalue weighted by atomic mass is 16.5. The molecule has 94 valence electrons. The third kappa shape index (κ3) is 5.70. The SMILES string of the molecule is CCCC(CCC)C(=O)OC[C@H]([NH3+])C(=O)O. The fourth-order valence-electron chi connectivity index (χ4n) is 1.45. The van der Waals surface area contributed by atoms with Gasteiger partial charge < -0.3 is 15.6 Å². The summed E-state index contributed by atoms with van der Waals surface area (Å²) in [5.74, 6) is -1.44. The molecule has 0 aromatic carbocycles. The minimum absolute atomic E-state index is 0.101. The Hall–Kier alpha value is -1.10. The van der Waals surface area contributed by atoms with E-state index in [1.165, 1.54) is 0 Å². The van der Waals surface area contributed by atoms with Crippen molar-refractivity contribution in [3.8, 4) is 0 Å². The van der Waals surface area contributed by atoms with E-state index >= 15 is 0 Å². The summed E-state index contributed by atoms with van der Waals surface area (Å²) in [7, 11) is 0. The number of hydrogen-bond donors (Lipinski definition) is 2. The van der Waals surface area contributed by atoms with Crippen molar-refractivity contribution in [2.24, 2.45) is 5.92 Å². The highest BCUT2D eigenvalue weighted by molar-refractivity contribution is 5.74. The number of aliphatic carboxylic acids is 1. The second-order valence-corrected chi connectivity index (χ2v) is 3.94. The molecule has 5 heteroatoms. The summed E-state index contributed by atoms with van der Waals surface area (Å²) >= 11 is 0. The molecule has 0 aromatic heterocycles. The Kier molecular flexibility index (Phi) is 7.54. The van der Waals surface area contributed by atoms with Gasteiger partial charge in [0.25, 0.3) is 0 Å². The van der Waals surface area contributed by atoms with Crippen molar-refractivity contribution < 1.29 is 25.2 Å². The van der Waals surface area contributed by atoms with Crippen molar-refractivity contribution in [1.82, 2.24) is 0 Å². The summed E-state index contributed by atoms with van der Waals surface area (Å²) in [6.45, 7) is 3.88. The average molecular weight is 232 g/mol. The van der Waals surface area contributed by atoms with Gasteiger partial charge in [-0.15, -0.1) is 0 Å². The lowest BCUT2D eigenvalue weighted by Crippen LogP contribution is -2.67. The van der Waals surface area contributed by atoms with E-state index in [9.17, 15) is 9.59 Å². The summed E-state index contributed by atoms with van der Waals surface area (Å²) in [5.41, 5.74) is 3.38. The van der Waals surface area contributed by atoms with Gasteiger partial charge in [0.1, 0.15) is 0 Å². The van der Waals surface area contributed by atoms with Crippen LogP contribution in [0.25, 0.3) is 0 Å². The molecule has 0 amide bonds. The molecular formula is C11H22NO4+. The van der Waals surface area contributed by atoms with Crippen molar-refractivity contribution >= 4 is 11.9 Å². The number of esters is 1. The number of carbonyl (C=O) groups excluding carboxylic acids is 1. The van der Waals surface area contributed by atoms with Crippen LogP contribution in [0.15, 0.2) is 0 Å². The third-order valence-corrected chi connectivity index (χ3v) is 2.38. The number of rotatable bonds is 8. The van der Waals surface area contributed by atoms with Gasteiger partial charge in [0.2, 0.25) is 6.04 Å². The zero-order chi connectivity index (χ0) is 12.6. The van der Waals surface area contributed by atoms with Gasteiger partial charge in [0.15, 0.2) is 6.61 Å². The van der Waals surface area contributed by atoms with E-state index in [1.54, 1.807) is 0 Å². The first-order valence-electron chi connectivity index (χ1n) is 5.75. The predicted octanol–water partition coefficient (Wildman–Crippen LogP) is 0.441. The van der Waals surface area contributed by atoms with Crippen LogP contribution in [0.1, 0.15) is 39.5 Å². The zero-order valence-electron chi connectivity index (χ0n) is 10.1. The van der Waals surface area contributed by atoms with E-state index in [-0.39, 0.29) is 18.5 Å². The molecule has 0 aliphatic carbocycles. The minimum atomic E-state index is -1.05. The van der Waals surface area contributed by atoms with Gasteiger partial charge >= 0.3 is 11.9 Å². The first kappa shape index (κ1) is 14.9. The summed E-state index contributed by atoms with van der Waals surface area (Å²) in [4.78, 5) is 22.1. The van der Waals surface area contributed by atoms with Crippen LogP contribution in [0, 0.1) is 5.92 Å². The Morgan fingerprint density at radius 2 is 1.75 bits per heavy atom. The van der Waals surface area contributed by atoms with E-state index in [1.807, 2.05) is 13.8 Å². The first-order valence-corrected chi connectivity index (χ1v) is 5.75.